The van der Waals surface area contributed by atoms with E-state index in [1.807, 2.05) is 0 Å². The monoisotopic (exact) mass is 343 g/mol. The van der Waals surface area contributed by atoms with Crippen molar-refractivity contribution in [1.29, 1.82) is 0 Å². The molecule has 1 aromatic carbocycles. The second kappa shape index (κ2) is 4.07. The van der Waals surface area contributed by atoms with Gasteiger partial charge >= 0.3 is 0 Å². The Morgan fingerprint density at radius 2 is 1.25 bits per heavy atom. The van der Waals surface area contributed by atoms with Gasteiger partial charge in [-0.25, -0.2) is 8.78 Å². The summed E-state index contributed by atoms with van der Waals surface area (Å²) in [6.07, 6.45) is 0. The first-order chi connectivity index (χ1) is 5.04. The van der Waals surface area contributed by atoms with Gasteiger partial charge in [-0.2, -0.15) is 6.92 Å². The SMILES string of the molecule is [CH2-]c1c(F)c(F)cc(F)c1F.[Hf]. The summed E-state index contributed by atoms with van der Waals surface area (Å²) in [5, 5.41) is 0. The van der Waals surface area contributed by atoms with Crippen molar-refractivity contribution in [3.63, 3.8) is 0 Å². The third kappa shape index (κ3) is 1.88. The van der Waals surface area contributed by atoms with Crippen LogP contribution in [0.25, 0.3) is 0 Å². The van der Waals surface area contributed by atoms with Crippen LogP contribution in [-0.4, -0.2) is 0 Å². The van der Waals surface area contributed by atoms with Gasteiger partial charge in [0, 0.05) is 25.8 Å². The third-order valence-corrected chi connectivity index (χ3v) is 1.20. The number of benzene rings is 1. The van der Waals surface area contributed by atoms with E-state index in [2.05, 4.69) is 6.92 Å². The Morgan fingerprint density at radius 1 is 0.917 bits per heavy atom. The Bertz CT molecular complexity index is 272. The van der Waals surface area contributed by atoms with E-state index in [1.54, 1.807) is 0 Å². The molecule has 0 aliphatic carbocycles. The van der Waals surface area contributed by atoms with Crippen LogP contribution in [-0.2, 0) is 25.8 Å². The van der Waals surface area contributed by atoms with Gasteiger partial charge in [0.15, 0.2) is 0 Å². The minimum atomic E-state index is -1.45. The van der Waals surface area contributed by atoms with E-state index in [1.165, 1.54) is 0 Å². The predicted molar refractivity (Wildman–Crippen MR) is 30.7 cm³/mol. The van der Waals surface area contributed by atoms with Gasteiger partial charge in [-0.1, -0.05) is 0 Å². The number of hydrogen-bond donors (Lipinski definition) is 0. The van der Waals surface area contributed by atoms with Gasteiger partial charge < -0.3 is 0 Å². The van der Waals surface area contributed by atoms with E-state index in [0.717, 1.165) is 0 Å². The molecule has 0 aliphatic heterocycles. The van der Waals surface area contributed by atoms with E-state index in [4.69, 9.17) is 0 Å². The molecule has 1 rings (SSSR count). The molecule has 0 atom stereocenters. The van der Waals surface area contributed by atoms with Crippen molar-refractivity contribution >= 4 is 0 Å². The average molecular weight is 342 g/mol. The number of rotatable bonds is 0. The zero-order valence-electron chi connectivity index (χ0n) is 5.80. The van der Waals surface area contributed by atoms with Crippen molar-refractivity contribution in [2.45, 2.75) is 0 Å². The Kier molecular flexibility index (Phi) is 3.96. The molecule has 0 aromatic heterocycles. The molecular formula is C7H3F4Hf-. The van der Waals surface area contributed by atoms with Gasteiger partial charge in [0.05, 0.1) is 11.6 Å². The first-order valence-corrected chi connectivity index (χ1v) is 2.69. The molecule has 1 aromatic rings. The molecule has 0 fully saturated rings. The maximum atomic E-state index is 12.3. The van der Waals surface area contributed by atoms with Crippen LogP contribution in [0.15, 0.2) is 6.07 Å². The molecule has 12 heavy (non-hydrogen) atoms. The third-order valence-electron chi connectivity index (χ3n) is 1.20. The first-order valence-electron chi connectivity index (χ1n) is 2.69. The molecule has 0 aliphatic rings. The molecule has 0 saturated carbocycles. The quantitative estimate of drug-likeness (QED) is 0.294. The molecule has 0 N–H and O–H groups in total. The van der Waals surface area contributed by atoms with Crippen molar-refractivity contribution in [1.82, 2.24) is 0 Å². The Balaban J connectivity index is 0.00000121. The molecule has 0 amide bonds. The summed E-state index contributed by atoms with van der Waals surface area (Å²) < 4.78 is 49.1. The standard InChI is InChI=1S/C7H3F4.Hf/c1-3-6(10)4(8)2-5(9)7(3)11;/h2H,1H2;/q-1;. The fourth-order valence-corrected chi connectivity index (χ4v) is 0.623. The normalized spacial score (nSPS) is 9.33. The Labute approximate surface area is 85.4 Å². The summed E-state index contributed by atoms with van der Waals surface area (Å²) in [6.45, 7) is 2.81. The van der Waals surface area contributed by atoms with E-state index in [0.29, 0.717) is 0 Å². The predicted octanol–water partition coefficient (Wildman–Crippen LogP) is 2.42. The van der Waals surface area contributed by atoms with E-state index in [-0.39, 0.29) is 31.9 Å². The second-order valence-electron chi connectivity index (χ2n) is 1.95. The van der Waals surface area contributed by atoms with E-state index < -0.39 is 28.8 Å². The molecule has 64 valence electrons. The van der Waals surface area contributed by atoms with Gasteiger partial charge in [0.25, 0.3) is 0 Å². The van der Waals surface area contributed by atoms with Crippen LogP contribution in [0.1, 0.15) is 5.56 Å². The maximum absolute atomic E-state index is 12.3. The molecular weight excluding hydrogens is 339 g/mol. The summed E-state index contributed by atoms with van der Waals surface area (Å²) >= 11 is 0. The topological polar surface area (TPSA) is 0 Å². The molecule has 0 spiro atoms. The van der Waals surface area contributed by atoms with Gasteiger partial charge in [0.2, 0.25) is 0 Å². The molecule has 5 heteroatoms. The molecule has 0 unspecified atom stereocenters. The summed E-state index contributed by atoms with van der Waals surface area (Å²) in [6, 6.07) is 0.138. The van der Waals surface area contributed by atoms with Gasteiger partial charge in [-0.05, 0) is 6.07 Å². The van der Waals surface area contributed by atoms with Gasteiger partial charge in [0.1, 0.15) is 11.6 Å². The molecule has 0 radical (unpaired) electrons. The summed E-state index contributed by atoms with van der Waals surface area (Å²) in [5.41, 5.74) is -0.887. The molecule has 0 heterocycles. The van der Waals surface area contributed by atoms with Gasteiger partial charge in [-0.15, -0.1) is 5.56 Å². The maximum Gasteiger partial charge on any atom is 0.105 e. The van der Waals surface area contributed by atoms with Crippen molar-refractivity contribution in [3.8, 4) is 0 Å². The van der Waals surface area contributed by atoms with Crippen molar-refractivity contribution in [3.05, 3.63) is 41.8 Å². The number of halogens is 4. The van der Waals surface area contributed by atoms with E-state index >= 15 is 0 Å². The summed E-state index contributed by atoms with van der Waals surface area (Å²) in [7, 11) is 0. The molecule has 0 bridgehead atoms. The minimum absolute atomic E-state index is 0. The second-order valence-corrected chi connectivity index (χ2v) is 1.95. The summed E-state index contributed by atoms with van der Waals surface area (Å²) in [4.78, 5) is 0. The fourth-order valence-electron chi connectivity index (χ4n) is 0.623. The Morgan fingerprint density at radius 3 is 1.58 bits per heavy atom. The van der Waals surface area contributed by atoms with Crippen LogP contribution >= 0.6 is 0 Å². The summed E-state index contributed by atoms with van der Waals surface area (Å²) in [5.74, 6) is -5.78. The molecule has 0 saturated heterocycles. The first kappa shape index (κ1) is 11.7. The number of hydrogen-bond acceptors (Lipinski definition) is 0. The van der Waals surface area contributed by atoms with Crippen LogP contribution in [0.2, 0.25) is 0 Å². The Hall–Kier alpha value is -0.320. The minimum Gasteiger partial charge on any atom is -0.281 e. The molecule has 0 nitrogen and oxygen atoms in total. The zero-order chi connectivity index (χ0) is 8.59. The van der Waals surface area contributed by atoms with Crippen molar-refractivity contribution < 1.29 is 43.4 Å². The van der Waals surface area contributed by atoms with Gasteiger partial charge in [-0.3, -0.25) is 8.78 Å². The largest absolute Gasteiger partial charge is 0.281 e. The van der Waals surface area contributed by atoms with Crippen LogP contribution in [0.5, 0.6) is 0 Å². The van der Waals surface area contributed by atoms with E-state index in [9.17, 15) is 17.6 Å². The fraction of sp³-hybridized carbons (Fsp3) is 0. The van der Waals surface area contributed by atoms with Crippen molar-refractivity contribution in [2.75, 3.05) is 0 Å². The smallest absolute Gasteiger partial charge is 0.105 e. The van der Waals surface area contributed by atoms with Crippen LogP contribution in [0, 0.1) is 30.2 Å². The van der Waals surface area contributed by atoms with Crippen LogP contribution in [0.4, 0.5) is 17.6 Å². The van der Waals surface area contributed by atoms with Crippen molar-refractivity contribution in [2.24, 2.45) is 0 Å². The zero-order valence-corrected chi connectivity index (χ0v) is 9.39. The average Bonchev–Trinajstić information content (AvgIpc) is 1.97. The van der Waals surface area contributed by atoms with Crippen LogP contribution < -0.4 is 0 Å². The van der Waals surface area contributed by atoms with Crippen LogP contribution in [0.3, 0.4) is 0 Å².